The van der Waals surface area contributed by atoms with Crippen LogP contribution in [0.1, 0.15) is 13.8 Å². The summed E-state index contributed by atoms with van der Waals surface area (Å²) in [4.78, 5) is 3.99. The maximum atomic E-state index is 4.21. The lowest BCUT2D eigenvalue weighted by Crippen LogP contribution is -2.07. The third-order valence-electron chi connectivity index (χ3n) is 2.26. The van der Waals surface area contributed by atoms with Crippen molar-refractivity contribution in [2.24, 2.45) is 5.92 Å². The lowest BCUT2D eigenvalue weighted by molar-refractivity contribution is 0.687. The molecule has 0 aromatic carbocycles. The van der Waals surface area contributed by atoms with Gasteiger partial charge in [0.05, 0.1) is 5.69 Å². The number of nitrogens with one attached hydrogen (secondary N) is 2. The van der Waals surface area contributed by atoms with Gasteiger partial charge in [-0.2, -0.15) is 5.10 Å². The normalized spacial score (nSPS) is 10.7. The minimum Gasteiger partial charge on any atom is -0.368 e. The van der Waals surface area contributed by atoms with Crippen LogP contribution in [-0.2, 0) is 0 Å². The Labute approximate surface area is 95.1 Å². The first kappa shape index (κ1) is 10.7. The molecule has 0 fully saturated rings. The third kappa shape index (κ3) is 2.59. The lowest BCUT2D eigenvalue weighted by Gasteiger charge is -2.04. The predicted molar refractivity (Wildman–Crippen MR) is 65.1 cm³/mol. The Balaban J connectivity index is 2.08. The summed E-state index contributed by atoms with van der Waals surface area (Å²) < 4.78 is 0. The molecule has 0 saturated carbocycles. The van der Waals surface area contributed by atoms with Crippen molar-refractivity contribution < 1.29 is 0 Å². The average molecular weight is 216 g/mol. The molecule has 0 amide bonds. The maximum Gasteiger partial charge on any atom is 0.148 e. The number of aromatic nitrogens is 3. The van der Waals surface area contributed by atoms with E-state index in [2.05, 4.69) is 34.3 Å². The summed E-state index contributed by atoms with van der Waals surface area (Å²) in [6.45, 7) is 5.27. The Morgan fingerprint density at radius 1 is 1.31 bits per heavy atom. The first-order valence-electron chi connectivity index (χ1n) is 5.45. The van der Waals surface area contributed by atoms with E-state index in [0.717, 1.165) is 23.6 Å². The quantitative estimate of drug-likeness (QED) is 0.825. The highest BCUT2D eigenvalue weighted by molar-refractivity contribution is 5.61. The Bertz CT molecular complexity index is 433. The standard InChI is InChI=1S/C12H16N4/c1-9(2)8-14-12-7-11(15-16-12)10-3-5-13-6-4-10/h3-7,9H,8H2,1-2H3,(H2,14,15,16). The van der Waals surface area contributed by atoms with E-state index in [-0.39, 0.29) is 0 Å². The monoisotopic (exact) mass is 216 g/mol. The van der Waals surface area contributed by atoms with E-state index in [1.807, 2.05) is 18.2 Å². The SMILES string of the molecule is CC(C)CNc1cc(-c2ccncc2)[nH]n1. The Kier molecular flexibility index (Phi) is 3.19. The average Bonchev–Trinajstić information content (AvgIpc) is 2.76. The van der Waals surface area contributed by atoms with Crippen LogP contribution in [0.2, 0.25) is 0 Å². The second-order valence-corrected chi connectivity index (χ2v) is 4.18. The zero-order chi connectivity index (χ0) is 11.4. The number of nitrogens with zero attached hydrogens (tertiary/aromatic N) is 2. The van der Waals surface area contributed by atoms with E-state index in [4.69, 9.17) is 0 Å². The van der Waals surface area contributed by atoms with Crippen molar-refractivity contribution in [2.75, 3.05) is 11.9 Å². The van der Waals surface area contributed by atoms with E-state index in [1.165, 1.54) is 0 Å². The highest BCUT2D eigenvalue weighted by Crippen LogP contribution is 2.18. The summed E-state index contributed by atoms with van der Waals surface area (Å²) in [5.41, 5.74) is 2.11. The van der Waals surface area contributed by atoms with E-state index in [9.17, 15) is 0 Å². The van der Waals surface area contributed by atoms with Crippen molar-refractivity contribution in [3.8, 4) is 11.3 Å². The largest absolute Gasteiger partial charge is 0.368 e. The summed E-state index contributed by atoms with van der Waals surface area (Å²) in [5, 5.41) is 10.5. The van der Waals surface area contributed by atoms with E-state index >= 15 is 0 Å². The molecule has 2 N–H and O–H groups in total. The van der Waals surface area contributed by atoms with Crippen molar-refractivity contribution in [3.05, 3.63) is 30.6 Å². The van der Waals surface area contributed by atoms with Gasteiger partial charge in [0.2, 0.25) is 0 Å². The van der Waals surface area contributed by atoms with Crippen molar-refractivity contribution in [1.29, 1.82) is 0 Å². The second-order valence-electron chi connectivity index (χ2n) is 4.18. The van der Waals surface area contributed by atoms with Crippen LogP contribution in [0, 0.1) is 5.92 Å². The Morgan fingerprint density at radius 3 is 2.75 bits per heavy atom. The molecule has 0 aliphatic rings. The highest BCUT2D eigenvalue weighted by atomic mass is 15.2. The summed E-state index contributed by atoms with van der Waals surface area (Å²) >= 11 is 0. The minimum absolute atomic E-state index is 0.612. The molecule has 84 valence electrons. The molecule has 0 aliphatic heterocycles. The zero-order valence-corrected chi connectivity index (χ0v) is 9.57. The number of aromatic amines is 1. The molecule has 0 bridgehead atoms. The summed E-state index contributed by atoms with van der Waals surface area (Å²) in [7, 11) is 0. The molecule has 0 atom stereocenters. The van der Waals surface area contributed by atoms with Gasteiger partial charge in [-0.25, -0.2) is 0 Å². The zero-order valence-electron chi connectivity index (χ0n) is 9.57. The number of hydrogen-bond acceptors (Lipinski definition) is 3. The summed E-state index contributed by atoms with van der Waals surface area (Å²) in [5.74, 6) is 1.50. The van der Waals surface area contributed by atoms with Gasteiger partial charge in [0.25, 0.3) is 0 Å². The molecule has 0 saturated heterocycles. The molecule has 4 heteroatoms. The fourth-order valence-corrected chi connectivity index (χ4v) is 1.40. The Hall–Kier alpha value is -1.84. The first-order chi connectivity index (χ1) is 7.75. The van der Waals surface area contributed by atoms with Crippen LogP contribution >= 0.6 is 0 Å². The van der Waals surface area contributed by atoms with Crippen LogP contribution in [0.3, 0.4) is 0 Å². The van der Waals surface area contributed by atoms with Gasteiger partial charge in [-0.3, -0.25) is 10.1 Å². The van der Waals surface area contributed by atoms with Crippen LogP contribution in [0.15, 0.2) is 30.6 Å². The van der Waals surface area contributed by atoms with Gasteiger partial charge in [0.15, 0.2) is 0 Å². The number of anilines is 1. The summed E-state index contributed by atoms with van der Waals surface area (Å²) in [6.07, 6.45) is 3.55. The van der Waals surface area contributed by atoms with Gasteiger partial charge in [-0.1, -0.05) is 13.8 Å². The maximum absolute atomic E-state index is 4.21. The molecular formula is C12H16N4. The van der Waals surface area contributed by atoms with Gasteiger partial charge in [0, 0.05) is 30.6 Å². The van der Waals surface area contributed by atoms with Crippen LogP contribution in [-0.4, -0.2) is 21.7 Å². The Morgan fingerprint density at radius 2 is 2.06 bits per heavy atom. The van der Waals surface area contributed by atoms with Crippen molar-refractivity contribution in [2.45, 2.75) is 13.8 Å². The molecule has 0 radical (unpaired) electrons. The summed E-state index contributed by atoms with van der Waals surface area (Å²) in [6, 6.07) is 5.93. The molecule has 0 spiro atoms. The minimum atomic E-state index is 0.612. The van der Waals surface area contributed by atoms with Crippen molar-refractivity contribution >= 4 is 5.82 Å². The highest BCUT2D eigenvalue weighted by Gasteiger charge is 2.03. The molecule has 0 unspecified atom stereocenters. The lowest BCUT2D eigenvalue weighted by atomic mass is 10.2. The number of H-pyrrole nitrogens is 1. The molecule has 2 aromatic heterocycles. The fraction of sp³-hybridized carbons (Fsp3) is 0.333. The van der Waals surface area contributed by atoms with E-state index in [0.29, 0.717) is 5.92 Å². The smallest absolute Gasteiger partial charge is 0.148 e. The van der Waals surface area contributed by atoms with Gasteiger partial charge in [-0.15, -0.1) is 0 Å². The molecular weight excluding hydrogens is 200 g/mol. The molecule has 0 aliphatic carbocycles. The van der Waals surface area contributed by atoms with Crippen LogP contribution in [0.25, 0.3) is 11.3 Å². The van der Waals surface area contributed by atoms with Gasteiger partial charge in [-0.05, 0) is 18.1 Å². The molecule has 2 rings (SSSR count). The molecule has 16 heavy (non-hydrogen) atoms. The molecule has 4 nitrogen and oxygen atoms in total. The predicted octanol–water partition coefficient (Wildman–Crippen LogP) is 2.54. The first-order valence-corrected chi connectivity index (χ1v) is 5.45. The topological polar surface area (TPSA) is 53.6 Å². The van der Waals surface area contributed by atoms with E-state index in [1.54, 1.807) is 12.4 Å². The number of pyridine rings is 1. The van der Waals surface area contributed by atoms with Crippen molar-refractivity contribution in [3.63, 3.8) is 0 Å². The van der Waals surface area contributed by atoms with Gasteiger partial charge < -0.3 is 5.32 Å². The van der Waals surface area contributed by atoms with Gasteiger partial charge in [0.1, 0.15) is 5.82 Å². The number of hydrogen-bond donors (Lipinski definition) is 2. The second kappa shape index (κ2) is 4.79. The molecule has 2 heterocycles. The van der Waals surface area contributed by atoms with Crippen LogP contribution < -0.4 is 5.32 Å². The molecule has 2 aromatic rings. The van der Waals surface area contributed by atoms with Crippen LogP contribution in [0.4, 0.5) is 5.82 Å². The van der Waals surface area contributed by atoms with E-state index < -0.39 is 0 Å². The number of rotatable bonds is 4. The van der Waals surface area contributed by atoms with Gasteiger partial charge >= 0.3 is 0 Å². The van der Waals surface area contributed by atoms with Crippen LogP contribution in [0.5, 0.6) is 0 Å². The fourth-order valence-electron chi connectivity index (χ4n) is 1.40. The van der Waals surface area contributed by atoms with Crippen molar-refractivity contribution in [1.82, 2.24) is 15.2 Å². The third-order valence-corrected chi connectivity index (χ3v) is 2.26.